The lowest BCUT2D eigenvalue weighted by Crippen LogP contribution is -2.45. The van der Waals surface area contributed by atoms with Gasteiger partial charge in [0.05, 0.1) is 0 Å². The Kier molecular flexibility index (Phi) is 4.15. The first-order valence-electron chi connectivity index (χ1n) is 6.79. The molecule has 0 aromatic heterocycles. The molecule has 1 heterocycles. The van der Waals surface area contributed by atoms with E-state index in [4.69, 9.17) is 5.73 Å². The molecular weight excluding hydrogens is 220 g/mol. The van der Waals surface area contributed by atoms with Gasteiger partial charge in [-0.2, -0.15) is 0 Å². The Balaban J connectivity index is 0.000000963. The predicted molar refractivity (Wildman–Crippen MR) is 69.8 cm³/mol. The van der Waals surface area contributed by atoms with Crippen LogP contribution in [-0.4, -0.2) is 30.6 Å². The van der Waals surface area contributed by atoms with Crippen molar-refractivity contribution in [3.8, 4) is 0 Å². The summed E-state index contributed by atoms with van der Waals surface area (Å²) in [6, 6.07) is 0.456. The minimum atomic E-state index is 0. The van der Waals surface area contributed by atoms with Gasteiger partial charge in [-0.05, 0) is 56.4 Å². The Morgan fingerprint density at radius 1 is 1.12 bits per heavy atom. The van der Waals surface area contributed by atoms with E-state index >= 15 is 0 Å². The van der Waals surface area contributed by atoms with Gasteiger partial charge in [0.15, 0.2) is 0 Å². The summed E-state index contributed by atoms with van der Waals surface area (Å²) >= 11 is 0. The van der Waals surface area contributed by atoms with Crippen molar-refractivity contribution in [3.05, 3.63) is 0 Å². The fraction of sp³-hybridized carbons (Fsp3) is 1.00. The fourth-order valence-electron chi connectivity index (χ4n) is 4.19. The number of piperidine rings is 1. The molecule has 2 saturated carbocycles. The molecule has 4 atom stereocenters. The largest absolute Gasteiger partial charge is 0.327 e. The molecule has 2 N–H and O–H groups in total. The summed E-state index contributed by atoms with van der Waals surface area (Å²) in [4.78, 5) is 2.64. The van der Waals surface area contributed by atoms with Gasteiger partial charge < -0.3 is 10.6 Å². The number of rotatable bonds is 2. The molecule has 3 rings (SSSR count). The molecule has 2 aliphatic carbocycles. The van der Waals surface area contributed by atoms with Crippen LogP contribution in [0.15, 0.2) is 0 Å². The monoisotopic (exact) mass is 244 g/mol. The van der Waals surface area contributed by atoms with E-state index in [1.165, 1.54) is 45.2 Å². The van der Waals surface area contributed by atoms with Gasteiger partial charge in [-0.25, -0.2) is 0 Å². The van der Waals surface area contributed by atoms with Gasteiger partial charge in [0.25, 0.3) is 0 Å². The van der Waals surface area contributed by atoms with E-state index in [9.17, 15) is 0 Å². The van der Waals surface area contributed by atoms with Crippen molar-refractivity contribution in [1.82, 2.24) is 4.90 Å². The lowest BCUT2D eigenvalue weighted by atomic mass is 9.88. The second-order valence-electron chi connectivity index (χ2n) is 6.10. The number of hydrogen-bond acceptors (Lipinski definition) is 2. The van der Waals surface area contributed by atoms with E-state index in [0.717, 1.165) is 24.3 Å². The normalized spacial score (nSPS) is 43.3. The molecule has 0 radical (unpaired) electrons. The number of halogens is 1. The number of nitrogens with zero attached hydrogens (tertiary/aromatic N) is 1. The van der Waals surface area contributed by atoms with Crippen molar-refractivity contribution in [2.45, 2.75) is 44.6 Å². The quantitative estimate of drug-likeness (QED) is 0.808. The van der Waals surface area contributed by atoms with Crippen LogP contribution in [0, 0.1) is 17.8 Å². The van der Waals surface area contributed by atoms with Crippen molar-refractivity contribution in [2.24, 2.45) is 23.5 Å². The minimum absolute atomic E-state index is 0. The van der Waals surface area contributed by atoms with Crippen LogP contribution in [0.3, 0.4) is 0 Å². The lowest BCUT2D eigenvalue weighted by molar-refractivity contribution is 0.154. The molecule has 0 amide bonds. The van der Waals surface area contributed by atoms with Crippen LogP contribution in [0.4, 0.5) is 0 Å². The topological polar surface area (TPSA) is 29.3 Å². The fourth-order valence-corrected chi connectivity index (χ4v) is 4.19. The maximum absolute atomic E-state index is 6.03. The van der Waals surface area contributed by atoms with Crippen LogP contribution in [-0.2, 0) is 0 Å². The van der Waals surface area contributed by atoms with Crippen molar-refractivity contribution in [2.75, 3.05) is 19.6 Å². The average molecular weight is 245 g/mol. The lowest BCUT2D eigenvalue weighted by Gasteiger charge is -2.34. The van der Waals surface area contributed by atoms with Crippen molar-refractivity contribution in [3.63, 3.8) is 0 Å². The Morgan fingerprint density at radius 2 is 2.00 bits per heavy atom. The summed E-state index contributed by atoms with van der Waals surface area (Å²) in [5, 5.41) is 0. The van der Waals surface area contributed by atoms with E-state index in [-0.39, 0.29) is 12.4 Å². The minimum Gasteiger partial charge on any atom is -0.327 e. The first kappa shape index (κ1) is 12.7. The van der Waals surface area contributed by atoms with Gasteiger partial charge in [-0.3, -0.25) is 0 Å². The van der Waals surface area contributed by atoms with Crippen LogP contribution < -0.4 is 5.73 Å². The molecule has 16 heavy (non-hydrogen) atoms. The summed E-state index contributed by atoms with van der Waals surface area (Å²) in [6.07, 6.45) is 8.69. The summed E-state index contributed by atoms with van der Waals surface area (Å²) < 4.78 is 0. The van der Waals surface area contributed by atoms with Crippen LogP contribution >= 0.6 is 12.4 Å². The predicted octanol–water partition coefficient (Wildman–Crippen LogP) is 2.27. The molecule has 1 aliphatic heterocycles. The molecule has 2 nitrogen and oxygen atoms in total. The van der Waals surface area contributed by atoms with Gasteiger partial charge in [-0.1, -0.05) is 6.42 Å². The molecule has 3 aliphatic rings. The average Bonchev–Trinajstić information content (AvgIpc) is 2.79. The molecule has 0 aromatic carbocycles. The van der Waals surface area contributed by atoms with E-state index < -0.39 is 0 Å². The molecule has 1 saturated heterocycles. The van der Waals surface area contributed by atoms with Crippen molar-refractivity contribution < 1.29 is 0 Å². The third kappa shape index (κ3) is 2.55. The molecule has 4 unspecified atom stereocenters. The smallest absolute Gasteiger partial charge is 0.0168 e. The summed E-state index contributed by atoms with van der Waals surface area (Å²) in [7, 11) is 0. The number of likely N-dealkylation sites (tertiary alicyclic amines) is 1. The van der Waals surface area contributed by atoms with E-state index in [0.29, 0.717) is 6.04 Å². The number of nitrogens with two attached hydrogens (primary N) is 1. The van der Waals surface area contributed by atoms with Crippen LogP contribution in [0.1, 0.15) is 38.5 Å². The second kappa shape index (κ2) is 5.24. The molecule has 0 aromatic rings. The summed E-state index contributed by atoms with van der Waals surface area (Å²) in [5.74, 6) is 3.20. The van der Waals surface area contributed by atoms with E-state index in [1.807, 2.05) is 0 Å². The van der Waals surface area contributed by atoms with Crippen molar-refractivity contribution >= 4 is 12.4 Å². The van der Waals surface area contributed by atoms with Crippen LogP contribution in [0.2, 0.25) is 0 Å². The first-order valence-corrected chi connectivity index (χ1v) is 6.79. The van der Waals surface area contributed by atoms with Gasteiger partial charge in [0.1, 0.15) is 0 Å². The molecule has 3 heteroatoms. The van der Waals surface area contributed by atoms with Gasteiger partial charge in [-0.15, -0.1) is 12.4 Å². The Hall–Kier alpha value is 0.210. The zero-order valence-electron chi connectivity index (χ0n) is 10.1. The zero-order valence-corrected chi connectivity index (χ0v) is 10.9. The summed E-state index contributed by atoms with van der Waals surface area (Å²) in [5.41, 5.74) is 6.03. The SMILES string of the molecule is Cl.NC1CCCN(CC2CC3CCC2C3)C1. The maximum Gasteiger partial charge on any atom is 0.0168 e. The number of hydrogen-bond donors (Lipinski definition) is 1. The maximum atomic E-state index is 6.03. The second-order valence-corrected chi connectivity index (χ2v) is 6.10. The molecular formula is C13H25ClN2. The standard InChI is InChI=1S/C13H24N2.ClH/c14-13-2-1-5-15(9-13)8-12-7-10-3-4-11(12)6-10;/h10-13H,1-9,14H2;1H. The Morgan fingerprint density at radius 3 is 2.62 bits per heavy atom. The number of fused-ring (bicyclic) bond motifs is 2. The van der Waals surface area contributed by atoms with Crippen LogP contribution in [0.5, 0.6) is 0 Å². The van der Waals surface area contributed by atoms with Crippen molar-refractivity contribution in [1.29, 1.82) is 0 Å². The summed E-state index contributed by atoms with van der Waals surface area (Å²) in [6.45, 7) is 3.82. The first-order chi connectivity index (χ1) is 7.31. The van der Waals surface area contributed by atoms with Gasteiger partial charge in [0.2, 0.25) is 0 Å². The third-order valence-corrected chi connectivity index (χ3v) is 4.92. The highest BCUT2D eigenvalue weighted by Gasteiger charge is 2.40. The molecule has 2 bridgehead atoms. The molecule has 3 fully saturated rings. The third-order valence-electron chi connectivity index (χ3n) is 4.92. The van der Waals surface area contributed by atoms with Crippen LogP contribution in [0.25, 0.3) is 0 Å². The molecule has 94 valence electrons. The Labute approximate surface area is 105 Å². The highest BCUT2D eigenvalue weighted by Crippen LogP contribution is 2.48. The van der Waals surface area contributed by atoms with E-state index in [1.54, 1.807) is 6.42 Å². The highest BCUT2D eigenvalue weighted by atomic mass is 35.5. The zero-order chi connectivity index (χ0) is 10.3. The Bertz CT molecular complexity index is 234. The van der Waals surface area contributed by atoms with E-state index in [2.05, 4.69) is 4.90 Å². The highest BCUT2D eigenvalue weighted by molar-refractivity contribution is 5.85. The van der Waals surface area contributed by atoms with Gasteiger partial charge >= 0.3 is 0 Å². The van der Waals surface area contributed by atoms with Gasteiger partial charge in [0, 0.05) is 19.1 Å². The molecule has 0 spiro atoms.